The smallest absolute Gasteiger partial charge is 0.387 e. The van der Waals surface area contributed by atoms with Crippen molar-refractivity contribution < 1.29 is 23.0 Å². The van der Waals surface area contributed by atoms with Crippen molar-refractivity contribution >= 4 is 0 Å². The van der Waals surface area contributed by atoms with Gasteiger partial charge in [0.15, 0.2) is 6.29 Å². The van der Waals surface area contributed by atoms with E-state index < -0.39 is 12.9 Å². The lowest BCUT2D eigenvalue weighted by atomic mass is 10.1. The second kappa shape index (κ2) is 8.14. The van der Waals surface area contributed by atoms with Gasteiger partial charge in [0.2, 0.25) is 0 Å². The number of methoxy groups -OCH3 is 2. The number of alkyl halides is 2. The predicted octanol–water partition coefficient (Wildman–Crippen LogP) is 2.95. The van der Waals surface area contributed by atoms with E-state index in [1.54, 1.807) is 32.4 Å². The largest absolute Gasteiger partial charge is 0.434 e. The Hall–Kier alpha value is -1.24. The molecule has 0 spiro atoms. The Labute approximate surface area is 118 Å². The normalized spacial score (nSPS) is 14.6. The van der Waals surface area contributed by atoms with Gasteiger partial charge in [-0.25, -0.2) is 0 Å². The summed E-state index contributed by atoms with van der Waals surface area (Å²) in [6.07, 6.45) is -0.416. The molecule has 2 unspecified atom stereocenters. The summed E-state index contributed by atoms with van der Waals surface area (Å²) in [6.45, 7) is 0.920. The van der Waals surface area contributed by atoms with Crippen LogP contribution in [0.1, 0.15) is 25.5 Å². The van der Waals surface area contributed by atoms with Crippen molar-refractivity contribution in [1.82, 2.24) is 5.32 Å². The number of hydrogen-bond acceptors (Lipinski definition) is 4. The van der Waals surface area contributed by atoms with E-state index in [2.05, 4.69) is 10.1 Å². The summed E-state index contributed by atoms with van der Waals surface area (Å²) in [6, 6.07) is 6.41. The predicted molar refractivity (Wildman–Crippen MR) is 71.9 cm³/mol. The van der Waals surface area contributed by atoms with Crippen LogP contribution in [0.4, 0.5) is 8.78 Å². The Morgan fingerprint density at radius 1 is 1.05 bits per heavy atom. The first-order chi connectivity index (χ1) is 9.49. The van der Waals surface area contributed by atoms with Crippen LogP contribution in [0.15, 0.2) is 24.3 Å². The van der Waals surface area contributed by atoms with Gasteiger partial charge in [-0.3, -0.25) is 0 Å². The highest BCUT2D eigenvalue weighted by atomic mass is 19.3. The summed E-state index contributed by atoms with van der Waals surface area (Å²) in [4.78, 5) is 0. The summed E-state index contributed by atoms with van der Waals surface area (Å²) in [5.41, 5.74) is 0.658. The van der Waals surface area contributed by atoms with Gasteiger partial charge in [0.25, 0.3) is 0 Å². The average molecular weight is 289 g/mol. The van der Waals surface area contributed by atoms with Gasteiger partial charge in [0.1, 0.15) is 5.75 Å². The molecular formula is C14H21F2NO3. The monoisotopic (exact) mass is 289 g/mol. The molecule has 1 aromatic rings. The molecule has 0 bridgehead atoms. The lowest BCUT2D eigenvalue weighted by Gasteiger charge is -2.26. The molecule has 0 aliphatic heterocycles. The molecule has 2 atom stereocenters. The van der Waals surface area contributed by atoms with Crippen molar-refractivity contribution in [3.05, 3.63) is 29.8 Å². The lowest BCUT2D eigenvalue weighted by Crippen LogP contribution is -2.41. The topological polar surface area (TPSA) is 39.7 Å². The van der Waals surface area contributed by atoms with Gasteiger partial charge in [-0.15, -0.1) is 0 Å². The Bertz CT molecular complexity index is 400. The van der Waals surface area contributed by atoms with Crippen LogP contribution in [0, 0.1) is 0 Å². The van der Waals surface area contributed by atoms with Gasteiger partial charge < -0.3 is 19.5 Å². The van der Waals surface area contributed by atoms with Crippen molar-refractivity contribution in [3.8, 4) is 5.75 Å². The van der Waals surface area contributed by atoms with Crippen LogP contribution in [-0.2, 0) is 9.47 Å². The molecule has 0 amide bonds. The van der Waals surface area contributed by atoms with Crippen LogP contribution in [0.5, 0.6) is 5.75 Å². The van der Waals surface area contributed by atoms with Crippen LogP contribution in [0.25, 0.3) is 0 Å². The Morgan fingerprint density at radius 2 is 1.65 bits per heavy atom. The molecule has 1 rings (SSSR count). The third-order valence-corrected chi connectivity index (χ3v) is 2.99. The van der Waals surface area contributed by atoms with Crippen molar-refractivity contribution in [1.29, 1.82) is 0 Å². The van der Waals surface area contributed by atoms with Crippen LogP contribution in [-0.4, -0.2) is 33.2 Å². The van der Waals surface area contributed by atoms with E-state index in [9.17, 15) is 8.78 Å². The highest BCUT2D eigenvalue weighted by Gasteiger charge is 2.20. The molecule has 0 fully saturated rings. The van der Waals surface area contributed by atoms with Crippen LogP contribution in [0.3, 0.4) is 0 Å². The number of nitrogens with one attached hydrogen (secondary N) is 1. The summed E-state index contributed by atoms with van der Waals surface area (Å²) in [5, 5.41) is 3.24. The molecule has 0 aromatic heterocycles. The zero-order valence-electron chi connectivity index (χ0n) is 12.1. The first-order valence-electron chi connectivity index (χ1n) is 6.35. The number of benzene rings is 1. The standard InChI is InChI=1S/C14H21F2NO3/c1-9(17-10(2)13(18-3)19-4)11-7-5-6-8-12(11)20-14(15)16/h5-10,13-14,17H,1-4H3. The highest BCUT2D eigenvalue weighted by Crippen LogP contribution is 2.26. The fraction of sp³-hybridized carbons (Fsp3) is 0.571. The van der Waals surface area contributed by atoms with Gasteiger partial charge in [-0.1, -0.05) is 18.2 Å². The van der Waals surface area contributed by atoms with Crippen LogP contribution < -0.4 is 10.1 Å². The van der Waals surface area contributed by atoms with Gasteiger partial charge >= 0.3 is 6.61 Å². The lowest BCUT2D eigenvalue weighted by molar-refractivity contribution is -0.120. The number of halogens is 2. The third-order valence-electron chi connectivity index (χ3n) is 2.99. The van der Waals surface area contributed by atoms with Crippen molar-refractivity contribution in [2.45, 2.75) is 38.8 Å². The van der Waals surface area contributed by atoms with Gasteiger partial charge in [-0.2, -0.15) is 8.78 Å². The Balaban J connectivity index is 2.78. The molecule has 0 heterocycles. The first-order valence-corrected chi connectivity index (χ1v) is 6.35. The molecule has 1 aromatic carbocycles. The van der Waals surface area contributed by atoms with Crippen LogP contribution >= 0.6 is 0 Å². The molecule has 0 saturated heterocycles. The second-order valence-electron chi connectivity index (χ2n) is 4.43. The van der Waals surface area contributed by atoms with E-state index in [-0.39, 0.29) is 17.8 Å². The third kappa shape index (κ3) is 4.70. The van der Waals surface area contributed by atoms with E-state index in [1.807, 2.05) is 13.8 Å². The van der Waals surface area contributed by atoms with E-state index in [1.165, 1.54) is 6.07 Å². The maximum Gasteiger partial charge on any atom is 0.387 e. The van der Waals surface area contributed by atoms with Crippen molar-refractivity contribution in [3.63, 3.8) is 0 Å². The van der Waals surface area contributed by atoms with Gasteiger partial charge in [-0.05, 0) is 19.9 Å². The van der Waals surface area contributed by atoms with Gasteiger partial charge in [0.05, 0.1) is 6.04 Å². The minimum atomic E-state index is -2.84. The quantitative estimate of drug-likeness (QED) is 0.747. The minimum absolute atomic E-state index is 0.111. The van der Waals surface area contributed by atoms with Gasteiger partial charge in [0, 0.05) is 25.8 Å². The minimum Gasteiger partial charge on any atom is -0.434 e. The summed E-state index contributed by atoms with van der Waals surface area (Å²) < 4.78 is 39.6. The van der Waals surface area contributed by atoms with E-state index >= 15 is 0 Å². The zero-order valence-corrected chi connectivity index (χ0v) is 12.1. The number of ether oxygens (including phenoxy) is 3. The number of para-hydroxylation sites is 1. The van der Waals surface area contributed by atoms with E-state index in [0.29, 0.717) is 5.56 Å². The molecule has 114 valence electrons. The van der Waals surface area contributed by atoms with Crippen molar-refractivity contribution in [2.24, 2.45) is 0 Å². The molecule has 0 aliphatic rings. The number of hydrogen-bond donors (Lipinski definition) is 1. The summed E-state index contributed by atoms with van der Waals surface area (Å²) in [5.74, 6) is 0.168. The average Bonchev–Trinajstić information content (AvgIpc) is 2.39. The fourth-order valence-corrected chi connectivity index (χ4v) is 2.11. The molecule has 6 heteroatoms. The summed E-state index contributed by atoms with van der Waals surface area (Å²) in [7, 11) is 3.09. The van der Waals surface area contributed by atoms with E-state index in [0.717, 1.165) is 0 Å². The second-order valence-corrected chi connectivity index (χ2v) is 4.43. The fourth-order valence-electron chi connectivity index (χ4n) is 2.11. The first kappa shape index (κ1) is 16.8. The Kier molecular flexibility index (Phi) is 6.84. The molecule has 0 aliphatic carbocycles. The van der Waals surface area contributed by atoms with E-state index in [4.69, 9.17) is 9.47 Å². The van der Waals surface area contributed by atoms with Crippen molar-refractivity contribution in [2.75, 3.05) is 14.2 Å². The maximum atomic E-state index is 12.4. The molecule has 0 radical (unpaired) electrons. The molecule has 4 nitrogen and oxygen atoms in total. The van der Waals surface area contributed by atoms with Crippen LogP contribution in [0.2, 0.25) is 0 Å². The highest BCUT2D eigenvalue weighted by molar-refractivity contribution is 5.35. The maximum absolute atomic E-state index is 12.4. The SMILES string of the molecule is COC(OC)C(C)NC(C)c1ccccc1OC(F)F. The molecular weight excluding hydrogens is 268 g/mol. The zero-order chi connectivity index (χ0) is 15.1. The molecule has 20 heavy (non-hydrogen) atoms. The molecule has 0 saturated carbocycles. The summed E-state index contributed by atoms with van der Waals surface area (Å²) >= 11 is 0. The molecule has 1 N–H and O–H groups in total. The number of rotatable bonds is 8. The Morgan fingerprint density at radius 3 is 2.20 bits per heavy atom.